The van der Waals surface area contributed by atoms with Gasteiger partial charge >= 0.3 is 5.97 Å². The first-order valence-electron chi connectivity index (χ1n) is 7.73. The van der Waals surface area contributed by atoms with E-state index in [1.165, 1.54) is 16.2 Å². The maximum atomic E-state index is 12.0. The van der Waals surface area contributed by atoms with E-state index in [-0.39, 0.29) is 17.0 Å². The monoisotopic (exact) mass is 332 g/mol. The minimum absolute atomic E-state index is 0.128. The van der Waals surface area contributed by atoms with Crippen LogP contribution in [0.5, 0.6) is 0 Å². The molecule has 0 radical (unpaired) electrons. The van der Waals surface area contributed by atoms with Gasteiger partial charge in [-0.05, 0) is 18.9 Å². The number of nitrogens with zero attached hydrogens (tertiary/aromatic N) is 2. The Labute approximate surface area is 138 Å². The second-order valence-corrected chi connectivity index (χ2v) is 7.26. The van der Waals surface area contributed by atoms with E-state index >= 15 is 0 Å². The van der Waals surface area contributed by atoms with Gasteiger partial charge in [-0.15, -0.1) is 11.8 Å². The zero-order valence-electron chi connectivity index (χ0n) is 12.6. The number of aliphatic carboxylic acids is 1. The van der Waals surface area contributed by atoms with Crippen LogP contribution in [0.2, 0.25) is 0 Å². The maximum absolute atomic E-state index is 12.0. The van der Waals surface area contributed by atoms with Crippen LogP contribution in [0.4, 0.5) is 0 Å². The topological polar surface area (TPSA) is 87.5 Å². The lowest BCUT2D eigenvalue weighted by atomic mass is 10.0. The molecule has 1 amide bonds. The van der Waals surface area contributed by atoms with Gasteiger partial charge in [0.2, 0.25) is 5.91 Å². The standard InChI is InChI=1S/C16H17N3O3S/c17-12-14(20)19-13(16(21)22)10(8-23-15(12)19)7-18-6-2-4-9-3-1-5-11(9)18/h2,4,6,12,15H,1,3,5,7-8,17H2/p+1/t12-,15-/m1/s1. The molecule has 4 rings (SSSR count). The Morgan fingerprint density at radius 2 is 2.30 bits per heavy atom. The summed E-state index contributed by atoms with van der Waals surface area (Å²) in [6.45, 7) is 0.517. The van der Waals surface area contributed by atoms with E-state index < -0.39 is 12.0 Å². The van der Waals surface area contributed by atoms with Crippen LogP contribution in [0, 0.1) is 0 Å². The van der Waals surface area contributed by atoms with Crippen molar-refractivity contribution in [2.24, 2.45) is 5.73 Å². The van der Waals surface area contributed by atoms with Crippen LogP contribution in [-0.4, -0.2) is 39.1 Å². The van der Waals surface area contributed by atoms with Crippen molar-refractivity contribution in [3.63, 3.8) is 0 Å². The van der Waals surface area contributed by atoms with Crippen molar-refractivity contribution in [1.82, 2.24) is 4.90 Å². The Balaban J connectivity index is 1.71. The summed E-state index contributed by atoms with van der Waals surface area (Å²) >= 11 is 1.55. The van der Waals surface area contributed by atoms with E-state index in [2.05, 4.69) is 10.6 Å². The number of carboxylic acids is 1. The minimum Gasteiger partial charge on any atom is -0.477 e. The van der Waals surface area contributed by atoms with Gasteiger partial charge in [-0.25, -0.2) is 4.79 Å². The highest BCUT2D eigenvalue weighted by Crippen LogP contribution is 2.39. The highest BCUT2D eigenvalue weighted by Gasteiger charge is 2.52. The Morgan fingerprint density at radius 1 is 1.48 bits per heavy atom. The first kappa shape index (κ1) is 14.7. The number of aromatic nitrogens is 1. The summed E-state index contributed by atoms with van der Waals surface area (Å²) < 4.78 is 2.13. The minimum atomic E-state index is -1.04. The summed E-state index contributed by atoms with van der Waals surface area (Å²) in [5, 5.41) is 9.36. The average Bonchev–Trinajstić information content (AvgIpc) is 3.03. The normalized spacial score (nSPS) is 26.0. The molecule has 0 saturated carbocycles. The van der Waals surface area contributed by atoms with Crippen LogP contribution < -0.4 is 10.3 Å². The summed E-state index contributed by atoms with van der Waals surface area (Å²) in [7, 11) is 0. The average molecular weight is 332 g/mol. The predicted molar refractivity (Wildman–Crippen MR) is 84.4 cm³/mol. The third kappa shape index (κ3) is 2.18. The van der Waals surface area contributed by atoms with Crippen LogP contribution in [0.3, 0.4) is 0 Å². The lowest BCUT2D eigenvalue weighted by Gasteiger charge is -2.47. The summed E-state index contributed by atoms with van der Waals surface area (Å²) in [6, 6.07) is 3.56. The lowest BCUT2D eigenvalue weighted by molar-refractivity contribution is -0.696. The Morgan fingerprint density at radius 3 is 3.09 bits per heavy atom. The molecule has 1 aromatic heterocycles. The molecule has 0 unspecified atom stereocenters. The molecule has 2 aliphatic heterocycles. The SMILES string of the molecule is N[C@@H]1C(=O)N2C(C(=O)O)=C(C[n+]3cccc4c3CCC4)CS[C@H]12. The molecule has 23 heavy (non-hydrogen) atoms. The van der Waals surface area contributed by atoms with E-state index in [1.54, 1.807) is 11.8 Å². The van der Waals surface area contributed by atoms with Gasteiger partial charge in [0.25, 0.3) is 0 Å². The number of amides is 1. The number of pyridine rings is 1. The van der Waals surface area contributed by atoms with Crippen LogP contribution in [0.15, 0.2) is 29.6 Å². The van der Waals surface area contributed by atoms with E-state index in [0.29, 0.717) is 12.3 Å². The Hall–Kier alpha value is -1.86. The number of thioether (sulfide) groups is 1. The third-order valence-electron chi connectivity index (χ3n) is 4.79. The van der Waals surface area contributed by atoms with E-state index in [4.69, 9.17) is 5.73 Å². The molecule has 3 heterocycles. The van der Waals surface area contributed by atoms with Crippen molar-refractivity contribution in [2.45, 2.75) is 37.2 Å². The quantitative estimate of drug-likeness (QED) is 0.603. The molecule has 1 aromatic rings. The fraction of sp³-hybridized carbons (Fsp3) is 0.438. The molecular formula is C16H18N3O3S+. The number of aryl methyl sites for hydroxylation is 1. The van der Waals surface area contributed by atoms with Crippen LogP contribution >= 0.6 is 11.8 Å². The molecule has 120 valence electrons. The van der Waals surface area contributed by atoms with Crippen molar-refractivity contribution in [3.05, 3.63) is 40.9 Å². The second kappa shape index (κ2) is 5.35. The smallest absolute Gasteiger partial charge is 0.352 e. The second-order valence-electron chi connectivity index (χ2n) is 6.15. The van der Waals surface area contributed by atoms with E-state index in [0.717, 1.165) is 24.8 Å². The lowest BCUT2D eigenvalue weighted by Crippen LogP contribution is -2.68. The van der Waals surface area contributed by atoms with Crippen LogP contribution in [0.25, 0.3) is 0 Å². The van der Waals surface area contributed by atoms with Gasteiger partial charge in [-0.3, -0.25) is 9.69 Å². The first-order chi connectivity index (χ1) is 11.1. The van der Waals surface area contributed by atoms with Gasteiger partial charge < -0.3 is 10.8 Å². The first-order valence-corrected chi connectivity index (χ1v) is 8.78. The number of β-lactam (4-membered cyclic amide) rings is 1. The molecule has 3 N–H and O–H groups in total. The number of hydrogen-bond acceptors (Lipinski definition) is 4. The summed E-state index contributed by atoms with van der Waals surface area (Å²) in [5.74, 6) is -0.736. The molecule has 0 spiro atoms. The van der Waals surface area contributed by atoms with Gasteiger partial charge in [-0.1, -0.05) is 0 Å². The number of fused-ring (bicyclic) bond motifs is 2. The Kier molecular flexibility index (Phi) is 3.42. The summed E-state index contributed by atoms with van der Waals surface area (Å²) in [4.78, 5) is 25.1. The zero-order valence-corrected chi connectivity index (χ0v) is 13.4. The molecular weight excluding hydrogens is 314 g/mol. The third-order valence-corrected chi connectivity index (χ3v) is 6.15. The molecule has 1 aliphatic carbocycles. The van der Waals surface area contributed by atoms with Crippen molar-refractivity contribution in [2.75, 3.05) is 5.75 Å². The van der Waals surface area contributed by atoms with Gasteiger partial charge in [0.15, 0.2) is 18.4 Å². The van der Waals surface area contributed by atoms with Gasteiger partial charge in [0.05, 0.1) is 0 Å². The highest BCUT2D eigenvalue weighted by atomic mass is 32.2. The van der Waals surface area contributed by atoms with Crippen molar-refractivity contribution >= 4 is 23.6 Å². The molecule has 1 fully saturated rings. The number of hydrogen-bond donors (Lipinski definition) is 2. The number of carbonyl (C=O) groups excluding carboxylic acids is 1. The number of nitrogens with two attached hydrogens (primary N) is 1. The molecule has 7 heteroatoms. The molecule has 0 aromatic carbocycles. The van der Waals surface area contributed by atoms with E-state index in [9.17, 15) is 14.7 Å². The predicted octanol–water partition coefficient (Wildman–Crippen LogP) is 0.0439. The molecule has 2 atom stereocenters. The van der Waals surface area contributed by atoms with Gasteiger partial charge in [0, 0.05) is 29.4 Å². The Bertz CT molecular complexity index is 746. The maximum Gasteiger partial charge on any atom is 0.352 e. The fourth-order valence-corrected chi connectivity index (χ4v) is 4.95. The molecule has 1 saturated heterocycles. The summed E-state index contributed by atoms with van der Waals surface area (Å²) in [5.41, 5.74) is 9.31. The largest absolute Gasteiger partial charge is 0.477 e. The van der Waals surface area contributed by atoms with Crippen LogP contribution in [0.1, 0.15) is 17.7 Å². The van der Waals surface area contributed by atoms with Crippen LogP contribution in [-0.2, 0) is 29.0 Å². The van der Waals surface area contributed by atoms with Gasteiger partial charge in [-0.2, -0.15) is 4.57 Å². The fourth-order valence-electron chi connectivity index (χ4n) is 3.67. The van der Waals surface area contributed by atoms with Crippen molar-refractivity contribution in [3.8, 4) is 0 Å². The highest BCUT2D eigenvalue weighted by molar-refractivity contribution is 8.00. The molecule has 6 nitrogen and oxygen atoms in total. The molecule has 0 bridgehead atoms. The summed E-state index contributed by atoms with van der Waals surface area (Å²) in [6.07, 6.45) is 5.24. The number of rotatable bonds is 3. The van der Waals surface area contributed by atoms with Crippen molar-refractivity contribution < 1.29 is 19.3 Å². The van der Waals surface area contributed by atoms with Crippen molar-refractivity contribution in [1.29, 1.82) is 0 Å². The van der Waals surface area contributed by atoms with Gasteiger partial charge in [0.1, 0.15) is 17.1 Å². The number of carboxylic acid groups (broad SMARTS) is 1. The van der Waals surface area contributed by atoms with E-state index in [1.807, 2.05) is 12.3 Å². The zero-order chi connectivity index (χ0) is 16.1. The molecule has 3 aliphatic rings. The number of carbonyl (C=O) groups is 2.